The summed E-state index contributed by atoms with van der Waals surface area (Å²) in [5.41, 5.74) is 11.3. The number of nitrogens with one attached hydrogen (secondary N) is 2. The van der Waals surface area contributed by atoms with Crippen LogP contribution < -0.4 is 16.0 Å². The summed E-state index contributed by atoms with van der Waals surface area (Å²) in [7, 11) is 2.10. The van der Waals surface area contributed by atoms with E-state index in [2.05, 4.69) is 22.2 Å². The van der Waals surface area contributed by atoms with Gasteiger partial charge in [0.15, 0.2) is 0 Å². The van der Waals surface area contributed by atoms with E-state index in [1.165, 1.54) is 11.4 Å². The Bertz CT molecular complexity index is 911. The number of anilines is 3. The molecule has 2 aromatic carbocycles. The second-order valence-electron chi connectivity index (χ2n) is 6.31. The first kappa shape index (κ1) is 14.6. The summed E-state index contributed by atoms with van der Waals surface area (Å²) in [6, 6.07) is 13.0. The molecule has 3 aromatic rings. The van der Waals surface area contributed by atoms with E-state index in [0.29, 0.717) is 11.3 Å². The zero-order chi connectivity index (χ0) is 16.7. The Morgan fingerprint density at radius 3 is 2.79 bits per heavy atom. The van der Waals surface area contributed by atoms with E-state index in [1.54, 1.807) is 24.3 Å². The van der Waals surface area contributed by atoms with Gasteiger partial charge in [0.2, 0.25) is 0 Å². The average molecular weight is 320 g/mol. The molecule has 0 atom stereocenters. The highest BCUT2D eigenvalue weighted by atomic mass is 16.1. The Kier molecular flexibility index (Phi) is 3.41. The maximum atomic E-state index is 12.5. The Morgan fingerprint density at radius 2 is 2.00 bits per heavy atom. The number of aromatic amines is 1. The van der Waals surface area contributed by atoms with Crippen molar-refractivity contribution < 1.29 is 4.79 Å². The molecule has 0 fully saturated rings. The van der Waals surface area contributed by atoms with E-state index in [-0.39, 0.29) is 5.91 Å². The van der Waals surface area contributed by atoms with Gasteiger partial charge in [0, 0.05) is 47.1 Å². The van der Waals surface area contributed by atoms with Crippen LogP contribution in [0.4, 0.5) is 17.1 Å². The fourth-order valence-corrected chi connectivity index (χ4v) is 3.37. The second kappa shape index (κ2) is 5.60. The molecule has 2 heterocycles. The standard InChI is InChI=1S/C19H20N4O/c1-23-10-2-3-17-18(23)15-11-12(4-9-16(15)22-17)19(24)21-14-7-5-13(20)6-8-14/h4-9,11,22H,2-3,10,20H2,1H3,(H,21,24). The molecule has 1 amide bonds. The minimum absolute atomic E-state index is 0.116. The number of nitrogens with two attached hydrogens (primary N) is 1. The molecule has 24 heavy (non-hydrogen) atoms. The fourth-order valence-electron chi connectivity index (χ4n) is 3.37. The molecule has 1 aliphatic heterocycles. The van der Waals surface area contributed by atoms with E-state index in [9.17, 15) is 4.79 Å². The number of amides is 1. The number of hydrogen-bond acceptors (Lipinski definition) is 3. The van der Waals surface area contributed by atoms with E-state index in [0.717, 1.165) is 36.0 Å². The van der Waals surface area contributed by atoms with Crippen molar-refractivity contribution in [3.63, 3.8) is 0 Å². The zero-order valence-electron chi connectivity index (χ0n) is 13.6. The van der Waals surface area contributed by atoms with Gasteiger partial charge in [-0.15, -0.1) is 0 Å². The monoisotopic (exact) mass is 320 g/mol. The highest BCUT2D eigenvalue weighted by molar-refractivity contribution is 6.08. The van der Waals surface area contributed by atoms with Crippen LogP contribution in [0.3, 0.4) is 0 Å². The first-order valence-electron chi connectivity index (χ1n) is 8.14. The molecule has 0 aliphatic carbocycles. The van der Waals surface area contributed by atoms with Gasteiger partial charge in [-0.1, -0.05) is 0 Å². The molecule has 0 unspecified atom stereocenters. The molecule has 0 radical (unpaired) electrons. The number of carbonyl (C=O) groups excluding carboxylic acids is 1. The molecule has 0 bridgehead atoms. The lowest BCUT2D eigenvalue weighted by Gasteiger charge is -2.24. The maximum Gasteiger partial charge on any atom is 0.255 e. The first-order valence-corrected chi connectivity index (χ1v) is 8.14. The van der Waals surface area contributed by atoms with Crippen LogP contribution in [0.2, 0.25) is 0 Å². The summed E-state index contributed by atoms with van der Waals surface area (Å²) < 4.78 is 0. The SMILES string of the molecule is CN1CCCc2[nH]c3ccc(C(=O)Nc4ccc(N)cc4)cc3c21. The lowest BCUT2D eigenvalue weighted by molar-refractivity contribution is 0.102. The number of benzene rings is 2. The third-order valence-corrected chi connectivity index (χ3v) is 4.58. The second-order valence-corrected chi connectivity index (χ2v) is 6.31. The van der Waals surface area contributed by atoms with Gasteiger partial charge in [0.1, 0.15) is 0 Å². The summed E-state index contributed by atoms with van der Waals surface area (Å²) >= 11 is 0. The van der Waals surface area contributed by atoms with Crippen LogP contribution in [0.5, 0.6) is 0 Å². The quantitative estimate of drug-likeness (QED) is 0.634. The highest BCUT2D eigenvalue weighted by Gasteiger charge is 2.20. The molecule has 5 nitrogen and oxygen atoms in total. The summed E-state index contributed by atoms with van der Waals surface area (Å²) in [6.07, 6.45) is 2.21. The van der Waals surface area contributed by atoms with Gasteiger partial charge in [-0.05, 0) is 55.3 Å². The minimum Gasteiger partial charge on any atom is -0.399 e. The number of rotatable bonds is 2. The van der Waals surface area contributed by atoms with Gasteiger partial charge in [-0.3, -0.25) is 4.79 Å². The van der Waals surface area contributed by atoms with Gasteiger partial charge >= 0.3 is 0 Å². The van der Waals surface area contributed by atoms with Crippen molar-refractivity contribution in [1.29, 1.82) is 0 Å². The Hall–Kier alpha value is -2.95. The Labute approximate surface area is 140 Å². The van der Waals surface area contributed by atoms with Crippen molar-refractivity contribution >= 4 is 33.9 Å². The van der Waals surface area contributed by atoms with Gasteiger partial charge in [-0.25, -0.2) is 0 Å². The molecule has 0 spiro atoms. The number of nitrogen functional groups attached to an aromatic ring is 1. The topological polar surface area (TPSA) is 74.2 Å². The normalized spacial score (nSPS) is 13.8. The molecule has 1 aliphatic rings. The molecule has 1 aromatic heterocycles. The van der Waals surface area contributed by atoms with Crippen LogP contribution in [0, 0.1) is 0 Å². The van der Waals surface area contributed by atoms with E-state index >= 15 is 0 Å². The fraction of sp³-hybridized carbons (Fsp3) is 0.211. The summed E-state index contributed by atoms with van der Waals surface area (Å²) in [4.78, 5) is 18.3. The summed E-state index contributed by atoms with van der Waals surface area (Å²) in [5, 5.41) is 4.02. The van der Waals surface area contributed by atoms with Crippen molar-refractivity contribution in [2.45, 2.75) is 12.8 Å². The number of carbonyl (C=O) groups is 1. The van der Waals surface area contributed by atoms with Crippen molar-refractivity contribution in [2.24, 2.45) is 0 Å². The van der Waals surface area contributed by atoms with Crippen LogP contribution in [0.15, 0.2) is 42.5 Å². The van der Waals surface area contributed by atoms with Crippen molar-refractivity contribution in [1.82, 2.24) is 4.98 Å². The average Bonchev–Trinajstić information content (AvgIpc) is 2.95. The number of nitrogens with zero attached hydrogens (tertiary/aromatic N) is 1. The Morgan fingerprint density at radius 1 is 1.21 bits per heavy atom. The predicted octanol–water partition coefficient (Wildman–Crippen LogP) is 3.38. The molecule has 122 valence electrons. The van der Waals surface area contributed by atoms with E-state index < -0.39 is 0 Å². The van der Waals surface area contributed by atoms with Gasteiger partial charge < -0.3 is 20.9 Å². The van der Waals surface area contributed by atoms with E-state index in [1.807, 2.05) is 18.2 Å². The maximum absolute atomic E-state index is 12.5. The van der Waals surface area contributed by atoms with Crippen molar-refractivity contribution in [3.05, 3.63) is 53.7 Å². The predicted molar refractivity (Wildman–Crippen MR) is 98.7 cm³/mol. The minimum atomic E-state index is -0.116. The first-order chi connectivity index (χ1) is 11.6. The lowest BCUT2D eigenvalue weighted by Crippen LogP contribution is -2.24. The number of aromatic nitrogens is 1. The van der Waals surface area contributed by atoms with Crippen LogP contribution in [-0.2, 0) is 6.42 Å². The molecular formula is C19H20N4O. The molecule has 4 N–H and O–H groups in total. The lowest BCUT2D eigenvalue weighted by atomic mass is 10.1. The largest absolute Gasteiger partial charge is 0.399 e. The highest BCUT2D eigenvalue weighted by Crippen LogP contribution is 2.34. The number of fused-ring (bicyclic) bond motifs is 3. The number of H-pyrrole nitrogens is 1. The zero-order valence-corrected chi connectivity index (χ0v) is 13.6. The molecular weight excluding hydrogens is 300 g/mol. The van der Waals surface area contributed by atoms with Crippen LogP contribution >= 0.6 is 0 Å². The van der Waals surface area contributed by atoms with Crippen molar-refractivity contribution in [3.8, 4) is 0 Å². The van der Waals surface area contributed by atoms with Crippen LogP contribution in [-0.4, -0.2) is 24.5 Å². The number of aryl methyl sites for hydroxylation is 1. The Balaban J connectivity index is 1.68. The smallest absolute Gasteiger partial charge is 0.255 e. The van der Waals surface area contributed by atoms with Gasteiger partial charge in [0.05, 0.1) is 5.69 Å². The van der Waals surface area contributed by atoms with Gasteiger partial charge in [-0.2, -0.15) is 0 Å². The summed E-state index contributed by atoms with van der Waals surface area (Å²) in [5.74, 6) is -0.116. The summed E-state index contributed by atoms with van der Waals surface area (Å²) in [6.45, 7) is 1.04. The molecule has 4 rings (SSSR count). The van der Waals surface area contributed by atoms with Crippen molar-refractivity contribution in [2.75, 3.05) is 29.5 Å². The number of hydrogen-bond donors (Lipinski definition) is 3. The van der Waals surface area contributed by atoms with Gasteiger partial charge in [0.25, 0.3) is 5.91 Å². The third-order valence-electron chi connectivity index (χ3n) is 4.58. The molecule has 0 saturated carbocycles. The van der Waals surface area contributed by atoms with Crippen LogP contribution in [0.1, 0.15) is 22.5 Å². The van der Waals surface area contributed by atoms with Crippen LogP contribution in [0.25, 0.3) is 10.9 Å². The molecule has 0 saturated heterocycles. The van der Waals surface area contributed by atoms with E-state index in [4.69, 9.17) is 5.73 Å². The third kappa shape index (κ3) is 2.48. The molecule has 5 heteroatoms.